The molecule has 0 fully saturated rings. The molecule has 1 aromatic rings. The minimum absolute atomic E-state index is 0.00639. The van der Waals surface area contributed by atoms with Crippen molar-refractivity contribution >= 4 is 5.78 Å². The number of ketones is 1. The van der Waals surface area contributed by atoms with Crippen molar-refractivity contribution in [1.82, 2.24) is 14.9 Å². The number of nitrogens with zero attached hydrogens (tertiary/aromatic N) is 3. The summed E-state index contributed by atoms with van der Waals surface area (Å²) in [6.07, 6.45) is 4.54. The normalized spacial score (nSPS) is 10.2. The fraction of sp³-hybridized carbons (Fsp3) is 0.375. The van der Waals surface area contributed by atoms with Gasteiger partial charge in [0.05, 0.1) is 12.7 Å². The van der Waals surface area contributed by atoms with Crippen LogP contribution in [0.4, 0.5) is 0 Å². The van der Waals surface area contributed by atoms with Crippen LogP contribution in [0.15, 0.2) is 18.6 Å². The lowest BCUT2D eigenvalue weighted by Gasteiger charge is -2.06. The number of rotatable bonds is 3. The maximum absolute atomic E-state index is 11.3. The minimum Gasteiger partial charge on any atom is -0.302 e. The summed E-state index contributed by atoms with van der Waals surface area (Å²) < 4.78 is 0. The van der Waals surface area contributed by atoms with E-state index in [1.807, 2.05) is 14.1 Å². The van der Waals surface area contributed by atoms with Crippen molar-refractivity contribution in [3.05, 3.63) is 24.3 Å². The van der Waals surface area contributed by atoms with Gasteiger partial charge in [-0.25, -0.2) is 4.98 Å². The van der Waals surface area contributed by atoms with Gasteiger partial charge in [0.2, 0.25) is 0 Å². The van der Waals surface area contributed by atoms with Crippen molar-refractivity contribution in [2.75, 3.05) is 20.6 Å². The van der Waals surface area contributed by atoms with Gasteiger partial charge in [-0.05, 0) is 14.1 Å². The summed E-state index contributed by atoms with van der Waals surface area (Å²) >= 11 is 0. The molecule has 0 aliphatic rings. The van der Waals surface area contributed by atoms with E-state index in [2.05, 4.69) is 9.97 Å². The van der Waals surface area contributed by atoms with Crippen LogP contribution >= 0.6 is 0 Å². The van der Waals surface area contributed by atoms with Gasteiger partial charge in [0.1, 0.15) is 5.69 Å². The van der Waals surface area contributed by atoms with Gasteiger partial charge in [-0.2, -0.15) is 0 Å². The monoisotopic (exact) mass is 165 g/mol. The largest absolute Gasteiger partial charge is 0.302 e. The van der Waals surface area contributed by atoms with Gasteiger partial charge in [-0.1, -0.05) is 0 Å². The Bertz CT molecular complexity index is 258. The van der Waals surface area contributed by atoms with Gasteiger partial charge in [0.15, 0.2) is 5.78 Å². The molecule has 4 nitrogen and oxygen atoms in total. The molecule has 0 saturated carbocycles. The standard InChI is InChI=1S/C8H11N3O/c1-11(2)6-8(12)7-5-9-3-4-10-7/h3-5H,6H2,1-2H3. The Morgan fingerprint density at radius 3 is 2.75 bits per heavy atom. The number of hydrogen-bond acceptors (Lipinski definition) is 4. The second-order valence-electron chi connectivity index (χ2n) is 2.75. The van der Waals surface area contributed by atoms with Gasteiger partial charge in [-0.3, -0.25) is 9.78 Å². The first-order valence-corrected chi connectivity index (χ1v) is 3.64. The molecule has 4 heteroatoms. The summed E-state index contributed by atoms with van der Waals surface area (Å²) in [7, 11) is 3.68. The summed E-state index contributed by atoms with van der Waals surface area (Å²) in [5.41, 5.74) is 0.422. The second-order valence-corrected chi connectivity index (χ2v) is 2.75. The lowest BCUT2D eigenvalue weighted by Crippen LogP contribution is -2.22. The van der Waals surface area contributed by atoms with E-state index in [4.69, 9.17) is 0 Å². The highest BCUT2D eigenvalue weighted by molar-refractivity contribution is 5.95. The Kier molecular flexibility index (Phi) is 2.88. The number of likely N-dealkylation sites (N-methyl/N-ethyl adjacent to an activating group) is 1. The molecule has 1 aromatic heterocycles. The van der Waals surface area contributed by atoms with Crippen molar-refractivity contribution in [1.29, 1.82) is 0 Å². The molecule has 0 aliphatic heterocycles. The van der Waals surface area contributed by atoms with Crippen LogP contribution in [0.2, 0.25) is 0 Å². The third kappa shape index (κ3) is 2.39. The highest BCUT2D eigenvalue weighted by Gasteiger charge is 2.07. The fourth-order valence-electron chi connectivity index (χ4n) is 0.811. The van der Waals surface area contributed by atoms with Crippen LogP contribution < -0.4 is 0 Å². The molecular weight excluding hydrogens is 154 g/mol. The zero-order valence-corrected chi connectivity index (χ0v) is 7.19. The molecule has 0 radical (unpaired) electrons. The SMILES string of the molecule is CN(C)CC(=O)c1cnccn1. The van der Waals surface area contributed by atoms with E-state index >= 15 is 0 Å². The molecule has 0 amide bonds. The average Bonchev–Trinajstić information content (AvgIpc) is 2.05. The van der Waals surface area contributed by atoms with Crippen molar-refractivity contribution < 1.29 is 4.79 Å². The average molecular weight is 165 g/mol. The van der Waals surface area contributed by atoms with Crippen LogP contribution in [-0.4, -0.2) is 41.3 Å². The van der Waals surface area contributed by atoms with Gasteiger partial charge >= 0.3 is 0 Å². The summed E-state index contributed by atoms with van der Waals surface area (Å²) in [5, 5.41) is 0. The molecule has 1 rings (SSSR count). The van der Waals surface area contributed by atoms with Gasteiger partial charge < -0.3 is 4.90 Å². The smallest absolute Gasteiger partial charge is 0.196 e. The lowest BCUT2D eigenvalue weighted by molar-refractivity contribution is 0.0952. The van der Waals surface area contributed by atoms with E-state index in [0.717, 1.165) is 0 Å². The molecule has 0 aliphatic carbocycles. The third-order valence-corrected chi connectivity index (χ3v) is 1.31. The third-order valence-electron chi connectivity index (χ3n) is 1.31. The molecule has 12 heavy (non-hydrogen) atoms. The molecule has 0 N–H and O–H groups in total. The number of Topliss-reactive ketones (excluding diaryl/α,β-unsaturated/α-hetero) is 1. The van der Waals surface area contributed by atoms with E-state index in [1.165, 1.54) is 12.4 Å². The van der Waals surface area contributed by atoms with Crippen LogP contribution in [0.1, 0.15) is 10.5 Å². The summed E-state index contributed by atoms with van der Waals surface area (Å²) in [4.78, 5) is 20.8. The van der Waals surface area contributed by atoms with Gasteiger partial charge in [0.25, 0.3) is 0 Å². The summed E-state index contributed by atoms with van der Waals surface area (Å²) in [6.45, 7) is 0.374. The van der Waals surface area contributed by atoms with Crippen LogP contribution in [0.25, 0.3) is 0 Å². The van der Waals surface area contributed by atoms with Crippen LogP contribution in [0.3, 0.4) is 0 Å². The molecule has 1 heterocycles. The first kappa shape index (κ1) is 8.80. The van der Waals surface area contributed by atoms with Crippen molar-refractivity contribution in [3.63, 3.8) is 0 Å². The fourth-order valence-corrected chi connectivity index (χ4v) is 0.811. The Balaban J connectivity index is 2.66. The Labute approximate surface area is 71.3 Å². The molecule has 0 unspecified atom stereocenters. The van der Waals surface area contributed by atoms with E-state index in [9.17, 15) is 4.79 Å². The molecule has 0 bridgehead atoms. The summed E-state index contributed by atoms with van der Waals surface area (Å²) in [6, 6.07) is 0. The molecule has 0 aromatic carbocycles. The predicted octanol–water partition coefficient (Wildman–Crippen LogP) is 0.221. The highest BCUT2D eigenvalue weighted by Crippen LogP contribution is 1.92. The number of carbonyl (C=O) groups excluding carboxylic acids is 1. The zero-order chi connectivity index (χ0) is 8.97. The van der Waals surface area contributed by atoms with Crippen LogP contribution in [-0.2, 0) is 0 Å². The van der Waals surface area contributed by atoms with Gasteiger partial charge in [-0.15, -0.1) is 0 Å². The van der Waals surface area contributed by atoms with E-state index in [1.54, 1.807) is 11.1 Å². The Morgan fingerprint density at radius 2 is 2.25 bits per heavy atom. The number of carbonyl (C=O) groups is 1. The highest BCUT2D eigenvalue weighted by atomic mass is 16.1. The van der Waals surface area contributed by atoms with Gasteiger partial charge in [0, 0.05) is 12.4 Å². The van der Waals surface area contributed by atoms with Crippen LogP contribution in [0, 0.1) is 0 Å². The van der Waals surface area contributed by atoms with Crippen LogP contribution in [0.5, 0.6) is 0 Å². The van der Waals surface area contributed by atoms with E-state index in [-0.39, 0.29) is 5.78 Å². The Hall–Kier alpha value is -1.29. The van der Waals surface area contributed by atoms with Crippen molar-refractivity contribution in [2.24, 2.45) is 0 Å². The molecule has 64 valence electrons. The molecule has 0 saturated heterocycles. The van der Waals surface area contributed by atoms with Crippen molar-refractivity contribution in [2.45, 2.75) is 0 Å². The Morgan fingerprint density at radius 1 is 1.50 bits per heavy atom. The second kappa shape index (κ2) is 3.92. The zero-order valence-electron chi connectivity index (χ0n) is 7.19. The molecule has 0 atom stereocenters. The first-order valence-electron chi connectivity index (χ1n) is 3.64. The maximum Gasteiger partial charge on any atom is 0.196 e. The predicted molar refractivity (Wildman–Crippen MR) is 44.9 cm³/mol. The van der Waals surface area contributed by atoms with E-state index in [0.29, 0.717) is 12.2 Å². The lowest BCUT2D eigenvalue weighted by atomic mass is 10.3. The molecule has 0 spiro atoms. The number of aromatic nitrogens is 2. The quantitative estimate of drug-likeness (QED) is 0.601. The topological polar surface area (TPSA) is 46.1 Å². The van der Waals surface area contributed by atoms with Crippen molar-refractivity contribution in [3.8, 4) is 0 Å². The first-order chi connectivity index (χ1) is 5.70. The number of hydrogen-bond donors (Lipinski definition) is 0. The maximum atomic E-state index is 11.3. The molecular formula is C8H11N3O. The summed E-state index contributed by atoms with van der Waals surface area (Å²) in [5.74, 6) is -0.00639. The minimum atomic E-state index is -0.00639. The van der Waals surface area contributed by atoms with E-state index < -0.39 is 0 Å².